The molecule has 0 bridgehead atoms. The molecule has 1 aromatic heterocycles. The van der Waals surface area contributed by atoms with Crippen LogP contribution in [0, 0.1) is 5.92 Å². The lowest BCUT2D eigenvalue weighted by Crippen LogP contribution is -2.37. The Kier molecular flexibility index (Phi) is 12.4. The lowest BCUT2D eigenvalue weighted by Gasteiger charge is -2.23. The van der Waals surface area contributed by atoms with Gasteiger partial charge in [-0.1, -0.05) is 43.8 Å². The molecule has 7 nitrogen and oxygen atoms in total. The summed E-state index contributed by atoms with van der Waals surface area (Å²) in [5.74, 6) is 3.29. The van der Waals surface area contributed by atoms with Crippen LogP contribution in [-0.2, 0) is 19.5 Å². The van der Waals surface area contributed by atoms with E-state index in [2.05, 4.69) is 71.1 Å². The lowest BCUT2D eigenvalue weighted by atomic mass is 10.1. The van der Waals surface area contributed by atoms with Gasteiger partial charge in [0.05, 0.1) is 0 Å². The fourth-order valence-corrected chi connectivity index (χ4v) is 3.66. The van der Waals surface area contributed by atoms with Crippen molar-refractivity contribution in [3.05, 3.63) is 35.7 Å². The summed E-state index contributed by atoms with van der Waals surface area (Å²) in [6.07, 6.45) is 3.88. The molecule has 2 N–H and O–H groups in total. The average molecular weight is 575 g/mol. The predicted octanol–water partition coefficient (Wildman–Crippen LogP) is 4.75. The maximum atomic E-state index is 6.08. The number of nitrogens with zero attached hydrogens (tertiary/aromatic N) is 4. The average Bonchev–Trinajstić information content (AvgIpc) is 3.08. The highest BCUT2D eigenvalue weighted by Crippen LogP contribution is 2.22. The van der Waals surface area contributed by atoms with Gasteiger partial charge in [0.2, 0.25) is 0 Å². The number of nitrogens with one attached hydrogen (secondary N) is 2. The summed E-state index contributed by atoms with van der Waals surface area (Å²) < 4.78 is 8.32. The van der Waals surface area contributed by atoms with Gasteiger partial charge < -0.3 is 19.9 Å². The van der Waals surface area contributed by atoms with Crippen molar-refractivity contribution in [2.75, 3.05) is 19.8 Å². The predicted molar refractivity (Wildman–Crippen MR) is 145 cm³/mol. The van der Waals surface area contributed by atoms with Crippen LogP contribution in [0.1, 0.15) is 52.4 Å². The van der Waals surface area contributed by atoms with Crippen molar-refractivity contribution in [2.45, 2.75) is 71.3 Å². The molecule has 0 fully saturated rings. The Hall–Kier alpha value is -1.49. The lowest BCUT2D eigenvalue weighted by molar-refractivity contribution is 0.129. The van der Waals surface area contributed by atoms with Gasteiger partial charge in [-0.15, -0.1) is 34.2 Å². The first kappa shape index (κ1) is 28.5. The van der Waals surface area contributed by atoms with E-state index in [9.17, 15) is 0 Å². The molecule has 0 aliphatic heterocycles. The standard InChI is InChI=1S/C23H38N6OS.HI/c1-17(2)16-29-20(27-28-22(29)31-7)13-10-14-25-21(24-6)26-15-18-11-8-9-12-19(18)30-23(3,4)5;/h8-9,11-12,17H,10,13-16H2,1-7H3,(H2,24,25,26);1H. The van der Waals surface area contributed by atoms with Gasteiger partial charge in [0.1, 0.15) is 17.2 Å². The number of hydrogen-bond acceptors (Lipinski definition) is 5. The molecule has 2 rings (SSSR count). The minimum atomic E-state index is -0.234. The molecule has 1 aromatic carbocycles. The molecule has 0 atom stereocenters. The molecule has 180 valence electrons. The monoisotopic (exact) mass is 574 g/mol. The summed E-state index contributed by atoms with van der Waals surface area (Å²) in [4.78, 5) is 4.34. The molecule has 32 heavy (non-hydrogen) atoms. The second-order valence-electron chi connectivity index (χ2n) is 8.89. The van der Waals surface area contributed by atoms with Crippen LogP contribution in [0.2, 0.25) is 0 Å². The number of benzene rings is 1. The van der Waals surface area contributed by atoms with E-state index in [0.29, 0.717) is 12.5 Å². The number of aryl methyl sites for hydroxylation is 1. The molecule has 0 spiro atoms. The summed E-state index contributed by atoms with van der Waals surface area (Å²) in [7, 11) is 1.79. The third kappa shape index (κ3) is 9.56. The molecular formula is C23H39IN6OS. The van der Waals surface area contributed by atoms with Crippen LogP contribution >= 0.6 is 35.7 Å². The number of halogens is 1. The van der Waals surface area contributed by atoms with E-state index in [4.69, 9.17) is 4.74 Å². The van der Waals surface area contributed by atoms with Crippen molar-refractivity contribution in [3.63, 3.8) is 0 Å². The van der Waals surface area contributed by atoms with Crippen LogP contribution in [0.4, 0.5) is 0 Å². The van der Waals surface area contributed by atoms with Gasteiger partial charge in [0, 0.05) is 38.7 Å². The Balaban J connectivity index is 0.00000512. The van der Waals surface area contributed by atoms with Crippen molar-refractivity contribution in [1.82, 2.24) is 25.4 Å². The summed E-state index contributed by atoms with van der Waals surface area (Å²) in [5, 5.41) is 16.5. The zero-order valence-electron chi connectivity index (χ0n) is 20.4. The first-order valence-corrected chi connectivity index (χ1v) is 12.1. The number of guanidine groups is 1. The van der Waals surface area contributed by atoms with Crippen LogP contribution in [0.3, 0.4) is 0 Å². The smallest absolute Gasteiger partial charge is 0.191 e. The number of thioether (sulfide) groups is 1. The third-order valence-electron chi connectivity index (χ3n) is 4.45. The second kappa shape index (κ2) is 13.9. The Labute approximate surface area is 214 Å². The van der Waals surface area contributed by atoms with Gasteiger partial charge in [-0.2, -0.15) is 0 Å². The molecule has 2 aromatic rings. The van der Waals surface area contributed by atoms with Crippen LogP contribution in [0.5, 0.6) is 5.75 Å². The fraction of sp³-hybridized carbons (Fsp3) is 0.609. The van der Waals surface area contributed by atoms with Gasteiger partial charge in [-0.3, -0.25) is 4.99 Å². The van der Waals surface area contributed by atoms with Gasteiger partial charge in [-0.25, -0.2) is 0 Å². The van der Waals surface area contributed by atoms with E-state index in [-0.39, 0.29) is 29.6 Å². The summed E-state index contributed by atoms with van der Waals surface area (Å²) in [5.41, 5.74) is 0.870. The quantitative estimate of drug-likeness (QED) is 0.140. The largest absolute Gasteiger partial charge is 0.488 e. The Bertz CT molecular complexity index is 847. The topological polar surface area (TPSA) is 76.4 Å². The van der Waals surface area contributed by atoms with Crippen molar-refractivity contribution in [1.29, 1.82) is 0 Å². The van der Waals surface area contributed by atoms with E-state index in [0.717, 1.165) is 54.2 Å². The third-order valence-corrected chi connectivity index (χ3v) is 5.12. The number of hydrogen-bond donors (Lipinski definition) is 2. The Morgan fingerprint density at radius 1 is 1.19 bits per heavy atom. The Morgan fingerprint density at radius 3 is 2.53 bits per heavy atom. The van der Waals surface area contributed by atoms with E-state index in [1.807, 2.05) is 24.5 Å². The summed E-state index contributed by atoms with van der Waals surface area (Å²) >= 11 is 1.65. The summed E-state index contributed by atoms with van der Waals surface area (Å²) in [6, 6.07) is 8.11. The molecule has 1 heterocycles. The SMILES string of the molecule is CN=C(NCCCc1nnc(SC)n1CC(C)C)NCc1ccccc1OC(C)(C)C.I. The maximum Gasteiger partial charge on any atom is 0.191 e. The number of rotatable bonds is 10. The Morgan fingerprint density at radius 2 is 1.91 bits per heavy atom. The first-order chi connectivity index (χ1) is 14.7. The molecular weight excluding hydrogens is 535 g/mol. The minimum absolute atomic E-state index is 0. The molecule has 0 aliphatic rings. The molecule has 0 aliphatic carbocycles. The number of aromatic nitrogens is 3. The number of ether oxygens (including phenoxy) is 1. The molecule has 0 radical (unpaired) electrons. The van der Waals surface area contributed by atoms with Crippen molar-refractivity contribution < 1.29 is 4.74 Å². The maximum absolute atomic E-state index is 6.08. The second-order valence-corrected chi connectivity index (χ2v) is 9.66. The molecule has 0 saturated heterocycles. The van der Waals surface area contributed by atoms with Gasteiger partial charge in [-0.05, 0) is 45.4 Å². The van der Waals surface area contributed by atoms with Crippen LogP contribution in [0.15, 0.2) is 34.4 Å². The van der Waals surface area contributed by atoms with Crippen LogP contribution in [-0.4, -0.2) is 46.2 Å². The van der Waals surface area contributed by atoms with E-state index < -0.39 is 0 Å². The van der Waals surface area contributed by atoms with Crippen LogP contribution in [0.25, 0.3) is 0 Å². The first-order valence-electron chi connectivity index (χ1n) is 10.9. The van der Waals surface area contributed by atoms with Crippen LogP contribution < -0.4 is 15.4 Å². The van der Waals surface area contributed by atoms with E-state index in [1.54, 1.807) is 18.8 Å². The molecule has 0 unspecified atom stereocenters. The molecule has 9 heteroatoms. The van der Waals surface area contributed by atoms with E-state index >= 15 is 0 Å². The van der Waals surface area contributed by atoms with Crippen molar-refractivity contribution in [2.24, 2.45) is 10.9 Å². The number of para-hydroxylation sites is 1. The molecule has 0 saturated carbocycles. The summed E-state index contributed by atoms with van der Waals surface area (Å²) in [6.45, 7) is 13.0. The highest BCUT2D eigenvalue weighted by molar-refractivity contribution is 14.0. The van der Waals surface area contributed by atoms with E-state index in [1.165, 1.54) is 0 Å². The van der Waals surface area contributed by atoms with Gasteiger partial charge in [0.15, 0.2) is 11.1 Å². The highest BCUT2D eigenvalue weighted by atomic mass is 127. The fourth-order valence-electron chi connectivity index (χ4n) is 3.14. The zero-order valence-corrected chi connectivity index (χ0v) is 23.6. The highest BCUT2D eigenvalue weighted by Gasteiger charge is 2.15. The van der Waals surface area contributed by atoms with Gasteiger partial charge >= 0.3 is 0 Å². The molecule has 0 amide bonds. The minimum Gasteiger partial charge on any atom is -0.488 e. The normalized spacial score (nSPS) is 11.9. The zero-order chi connectivity index (χ0) is 22.9. The van der Waals surface area contributed by atoms with Crippen molar-refractivity contribution in [3.8, 4) is 5.75 Å². The number of aliphatic imine (C=N–C) groups is 1. The van der Waals surface area contributed by atoms with Gasteiger partial charge in [0.25, 0.3) is 0 Å². The van der Waals surface area contributed by atoms with Crippen molar-refractivity contribution >= 4 is 41.7 Å².